The lowest BCUT2D eigenvalue weighted by molar-refractivity contribution is -0.137. The summed E-state index contributed by atoms with van der Waals surface area (Å²) in [6.07, 6.45) is 3.29. The molecule has 0 aromatic heterocycles. The summed E-state index contributed by atoms with van der Waals surface area (Å²) in [6.45, 7) is 7.53. The Kier molecular flexibility index (Phi) is 4.87. The van der Waals surface area contributed by atoms with E-state index in [4.69, 9.17) is 0 Å². The second-order valence-electron chi connectivity index (χ2n) is 4.90. The molecule has 0 aliphatic carbocycles. The Hall–Kier alpha value is -1.16. The summed E-state index contributed by atoms with van der Waals surface area (Å²) in [5.74, 6) is -0.295. The molecule has 0 fully saturated rings. The Morgan fingerprint density at radius 1 is 1.29 bits per heavy atom. The largest absolute Gasteiger partial charge is 0.304 e. The Labute approximate surface area is 103 Å². The van der Waals surface area contributed by atoms with E-state index in [0.717, 1.165) is 19.4 Å². The number of amides is 2. The molecule has 1 heterocycles. The molecule has 0 saturated heterocycles. The molecule has 4 nitrogen and oxygen atoms in total. The van der Waals surface area contributed by atoms with Crippen molar-refractivity contribution in [2.75, 3.05) is 20.1 Å². The van der Waals surface area contributed by atoms with E-state index in [-0.39, 0.29) is 11.8 Å². The van der Waals surface area contributed by atoms with Crippen LogP contribution < -0.4 is 0 Å². The van der Waals surface area contributed by atoms with Crippen molar-refractivity contribution >= 4 is 11.8 Å². The molecule has 0 aromatic rings. The molecule has 1 aliphatic heterocycles. The maximum absolute atomic E-state index is 11.6. The number of hydrogen-bond donors (Lipinski definition) is 0. The Morgan fingerprint density at radius 3 is 2.41 bits per heavy atom. The molecule has 1 aliphatic rings. The Balaban J connectivity index is 2.25. The third-order valence-electron chi connectivity index (χ3n) is 3.21. The third-order valence-corrected chi connectivity index (χ3v) is 3.21. The Morgan fingerprint density at radius 2 is 1.94 bits per heavy atom. The van der Waals surface area contributed by atoms with Gasteiger partial charge in [-0.1, -0.05) is 0 Å². The lowest BCUT2D eigenvalue weighted by Crippen LogP contribution is -2.33. The van der Waals surface area contributed by atoms with Gasteiger partial charge in [-0.05, 0) is 47.2 Å². The SMILES string of the molecule is CC1=CC(=O)N(CCCCN(C)C(C)C)C1=O. The van der Waals surface area contributed by atoms with Gasteiger partial charge in [0.1, 0.15) is 0 Å². The molecular formula is C13H22N2O2. The zero-order valence-corrected chi connectivity index (χ0v) is 11.2. The van der Waals surface area contributed by atoms with Crippen LogP contribution in [-0.2, 0) is 9.59 Å². The molecule has 0 spiro atoms. The molecular weight excluding hydrogens is 216 g/mol. The number of carbonyl (C=O) groups excluding carboxylic acids is 2. The van der Waals surface area contributed by atoms with Crippen LogP contribution in [0.3, 0.4) is 0 Å². The summed E-state index contributed by atoms with van der Waals surface area (Å²) < 4.78 is 0. The van der Waals surface area contributed by atoms with Crippen LogP contribution in [0, 0.1) is 0 Å². The van der Waals surface area contributed by atoms with Gasteiger partial charge in [-0.3, -0.25) is 14.5 Å². The molecule has 4 heteroatoms. The summed E-state index contributed by atoms with van der Waals surface area (Å²) in [7, 11) is 2.09. The zero-order chi connectivity index (χ0) is 13.0. The van der Waals surface area contributed by atoms with Crippen LogP contribution in [0.1, 0.15) is 33.6 Å². The topological polar surface area (TPSA) is 40.6 Å². The fourth-order valence-electron chi connectivity index (χ4n) is 1.74. The standard InChI is InChI=1S/C13H22N2O2/c1-10(2)14(4)7-5-6-8-15-12(16)9-11(3)13(15)17/h9-10H,5-8H2,1-4H3. The van der Waals surface area contributed by atoms with Gasteiger partial charge in [0.15, 0.2) is 0 Å². The van der Waals surface area contributed by atoms with Crippen molar-refractivity contribution < 1.29 is 9.59 Å². The van der Waals surface area contributed by atoms with Gasteiger partial charge in [0.25, 0.3) is 11.8 Å². The first-order chi connectivity index (χ1) is 7.93. The smallest absolute Gasteiger partial charge is 0.256 e. The number of rotatable bonds is 6. The van der Waals surface area contributed by atoms with Crippen molar-refractivity contribution in [1.82, 2.24) is 9.80 Å². The minimum absolute atomic E-state index is 0.132. The highest BCUT2D eigenvalue weighted by atomic mass is 16.2. The third kappa shape index (κ3) is 3.66. The first-order valence-corrected chi connectivity index (χ1v) is 6.18. The van der Waals surface area contributed by atoms with E-state index in [1.54, 1.807) is 6.92 Å². The van der Waals surface area contributed by atoms with Gasteiger partial charge in [-0.15, -0.1) is 0 Å². The van der Waals surface area contributed by atoms with Crippen molar-refractivity contribution in [2.45, 2.75) is 39.7 Å². The minimum atomic E-state index is -0.162. The highest BCUT2D eigenvalue weighted by molar-refractivity contribution is 6.15. The number of imide groups is 1. The lowest BCUT2D eigenvalue weighted by Gasteiger charge is -2.21. The number of nitrogens with zero attached hydrogens (tertiary/aromatic N) is 2. The van der Waals surface area contributed by atoms with Gasteiger partial charge < -0.3 is 4.90 Å². The highest BCUT2D eigenvalue weighted by Crippen LogP contribution is 2.12. The number of unbranched alkanes of at least 4 members (excludes halogenated alkanes) is 1. The summed E-state index contributed by atoms with van der Waals surface area (Å²) in [5.41, 5.74) is 0.550. The van der Waals surface area contributed by atoms with Crippen LogP contribution in [0.2, 0.25) is 0 Å². The van der Waals surface area contributed by atoms with Crippen molar-refractivity contribution in [1.29, 1.82) is 0 Å². The maximum Gasteiger partial charge on any atom is 0.256 e. The number of carbonyl (C=O) groups is 2. The van der Waals surface area contributed by atoms with Gasteiger partial charge in [0.05, 0.1) is 0 Å². The van der Waals surface area contributed by atoms with Gasteiger partial charge in [-0.2, -0.15) is 0 Å². The number of hydrogen-bond acceptors (Lipinski definition) is 3. The summed E-state index contributed by atoms with van der Waals surface area (Å²) >= 11 is 0. The van der Waals surface area contributed by atoms with Crippen LogP contribution in [0.15, 0.2) is 11.6 Å². The minimum Gasteiger partial charge on any atom is -0.304 e. The first kappa shape index (κ1) is 13.9. The lowest BCUT2D eigenvalue weighted by atomic mass is 10.2. The second kappa shape index (κ2) is 5.96. The van der Waals surface area contributed by atoms with Crippen LogP contribution in [-0.4, -0.2) is 47.8 Å². The first-order valence-electron chi connectivity index (χ1n) is 6.18. The van der Waals surface area contributed by atoms with E-state index in [9.17, 15) is 9.59 Å². The molecule has 0 saturated carbocycles. The van der Waals surface area contributed by atoms with Crippen molar-refractivity contribution in [3.8, 4) is 0 Å². The average molecular weight is 238 g/mol. The molecule has 1 rings (SSSR count). The average Bonchev–Trinajstić information content (AvgIpc) is 2.49. The van der Waals surface area contributed by atoms with Crippen LogP contribution in [0.5, 0.6) is 0 Å². The van der Waals surface area contributed by atoms with Crippen molar-refractivity contribution in [2.24, 2.45) is 0 Å². The van der Waals surface area contributed by atoms with E-state index in [1.165, 1.54) is 11.0 Å². The van der Waals surface area contributed by atoms with Crippen LogP contribution in [0.4, 0.5) is 0 Å². The summed E-state index contributed by atoms with van der Waals surface area (Å²) in [6, 6.07) is 0.536. The van der Waals surface area contributed by atoms with Gasteiger partial charge in [0.2, 0.25) is 0 Å². The second-order valence-corrected chi connectivity index (χ2v) is 4.90. The molecule has 0 aromatic carbocycles. The van der Waals surface area contributed by atoms with Crippen LogP contribution >= 0.6 is 0 Å². The van der Waals surface area contributed by atoms with Crippen molar-refractivity contribution in [3.05, 3.63) is 11.6 Å². The predicted octanol–water partition coefficient (Wildman–Crippen LogP) is 1.42. The molecule has 0 unspecified atom stereocenters. The van der Waals surface area contributed by atoms with Gasteiger partial charge >= 0.3 is 0 Å². The molecule has 96 valence electrons. The monoisotopic (exact) mass is 238 g/mol. The van der Waals surface area contributed by atoms with E-state index in [0.29, 0.717) is 18.2 Å². The molecule has 0 bridgehead atoms. The zero-order valence-electron chi connectivity index (χ0n) is 11.2. The fourth-order valence-corrected chi connectivity index (χ4v) is 1.74. The van der Waals surface area contributed by atoms with E-state index in [1.807, 2.05) is 0 Å². The molecule has 0 N–H and O–H groups in total. The normalized spacial score (nSPS) is 16.4. The van der Waals surface area contributed by atoms with Crippen molar-refractivity contribution in [3.63, 3.8) is 0 Å². The fraction of sp³-hybridized carbons (Fsp3) is 0.692. The van der Waals surface area contributed by atoms with E-state index >= 15 is 0 Å². The van der Waals surface area contributed by atoms with E-state index < -0.39 is 0 Å². The van der Waals surface area contributed by atoms with Gasteiger partial charge in [0, 0.05) is 24.2 Å². The summed E-state index contributed by atoms with van der Waals surface area (Å²) in [5, 5.41) is 0. The van der Waals surface area contributed by atoms with E-state index in [2.05, 4.69) is 25.8 Å². The van der Waals surface area contributed by atoms with Crippen LogP contribution in [0.25, 0.3) is 0 Å². The molecule has 17 heavy (non-hydrogen) atoms. The maximum atomic E-state index is 11.6. The Bertz CT molecular complexity index is 334. The molecule has 0 atom stereocenters. The highest BCUT2D eigenvalue weighted by Gasteiger charge is 2.27. The van der Waals surface area contributed by atoms with Gasteiger partial charge in [-0.25, -0.2) is 0 Å². The quantitative estimate of drug-likeness (QED) is 0.519. The predicted molar refractivity (Wildman–Crippen MR) is 67.5 cm³/mol. The summed E-state index contributed by atoms with van der Waals surface area (Å²) in [4.78, 5) is 26.6. The molecule has 0 radical (unpaired) electrons. The molecule has 2 amide bonds.